The van der Waals surface area contributed by atoms with Crippen LogP contribution in [0.15, 0.2) is 35.7 Å². The number of dihydropyridines is 1. The molecule has 4 rings (SSSR count). The molecule has 0 aromatic heterocycles. The molecule has 0 aromatic carbocycles. The third-order valence-electron chi connectivity index (χ3n) is 10.9. The molecule has 0 amide bonds. The van der Waals surface area contributed by atoms with Gasteiger partial charge in [0, 0.05) is 31.7 Å². The van der Waals surface area contributed by atoms with Crippen molar-refractivity contribution in [2.24, 2.45) is 50.7 Å². The lowest BCUT2D eigenvalue weighted by atomic mass is 9.62. The first-order valence-electron chi connectivity index (χ1n) is 17.6. The number of ether oxygens (including phenoxy) is 1. The Hall–Kier alpha value is -1.10. The molecule has 0 radical (unpaired) electrons. The number of nitrogens with one attached hydrogen (secondary N) is 1. The van der Waals surface area contributed by atoms with Gasteiger partial charge in [0.2, 0.25) is 0 Å². The molecule has 2 heterocycles. The van der Waals surface area contributed by atoms with E-state index in [0.717, 1.165) is 41.9 Å². The van der Waals surface area contributed by atoms with Gasteiger partial charge in [-0.25, -0.2) is 0 Å². The molecule has 4 nitrogen and oxygen atoms in total. The molecular formula is C40H75NO3. The topological polar surface area (TPSA) is 61.7 Å². The van der Waals surface area contributed by atoms with Gasteiger partial charge >= 0.3 is 0 Å². The minimum Gasteiger partial charge on any atom is -0.396 e. The molecule has 44 heavy (non-hydrogen) atoms. The van der Waals surface area contributed by atoms with Gasteiger partial charge in [-0.05, 0) is 100 Å². The van der Waals surface area contributed by atoms with Crippen LogP contribution in [0.2, 0.25) is 0 Å². The predicted octanol–water partition coefficient (Wildman–Crippen LogP) is 10.3. The molecule has 1 saturated heterocycles. The number of aliphatic hydroxyl groups excluding tert-OH is 2. The second-order valence-electron chi connectivity index (χ2n) is 18.6. The summed E-state index contributed by atoms with van der Waals surface area (Å²) in [4.78, 5) is 0. The van der Waals surface area contributed by atoms with E-state index in [-0.39, 0.29) is 12.0 Å². The summed E-state index contributed by atoms with van der Waals surface area (Å²) in [7, 11) is 0. The minimum absolute atomic E-state index is 0.0207. The van der Waals surface area contributed by atoms with E-state index in [0.29, 0.717) is 40.1 Å². The fourth-order valence-electron chi connectivity index (χ4n) is 7.45. The summed E-state index contributed by atoms with van der Waals surface area (Å²) in [6.45, 7) is 38.3. The Balaban J connectivity index is 0.000000298. The lowest BCUT2D eigenvalue weighted by Crippen LogP contribution is -2.38. The van der Waals surface area contributed by atoms with Crippen molar-refractivity contribution in [2.45, 2.75) is 142 Å². The van der Waals surface area contributed by atoms with E-state index in [9.17, 15) is 5.11 Å². The van der Waals surface area contributed by atoms with Crippen LogP contribution in [-0.2, 0) is 4.74 Å². The van der Waals surface area contributed by atoms with E-state index in [1.54, 1.807) is 0 Å². The van der Waals surface area contributed by atoms with Gasteiger partial charge in [-0.15, -0.1) is 0 Å². The molecule has 4 aliphatic rings. The van der Waals surface area contributed by atoms with Crippen LogP contribution in [-0.4, -0.2) is 36.6 Å². The quantitative estimate of drug-likeness (QED) is 0.288. The van der Waals surface area contributed by atoms with Crippen LogP contribution in [0.3, 0.4) is 0 Å². The van der Waals surface area contributed by atoms with Crippen LogP contribution in [0.5, 0.6) is 0 Å². The molecule has 0 spiro atoms. The molecule has 0 aromatic rings. The van der Waals surface area contributed by atoms with E-state index in [4.69, 9.17) is 9.84 Å². The highest BCUT2D eigenvalue weighted by Crippen LogP contribution is 2.57. The number of aliphatic hydroxyl groups is 2. The maximum absolute atomic E-state index is 9.34. The van der Waals surface area contributed by atoms with Crippen molar-refractivity contribution in [3.05, 3.63) is 35.7 Å². The number of allylic oxidation sites excluding steroid dienone is 1. The summed E-state index contributed by atoms with van der Waals surface area (Å²) in [5.41, 5.74) is 5.05. The molecule has 3 unspecified atom stereocenters. The Morgan fingerprint density at radius 1 is 0.864 bits per heavy atom. The number of hydrogen-bond donors (Lipinski definition) is 3. The molecular weight excluding hydrogens is 542 g/mol. The van der Waals surface area contributed by atoms with E-state index in [1.165, 1.54) is 44.9 Å². The zero-order valence-electron chi connectivity index (χ0n) is 31.8. The molecule has 4 heteroatoms. The second kappa shape index (κ2) is 16.6. The average Bonchev–Trinajstić information content (AvgIpc) is 3.67. The molecule has 2 aliphatic carbocycles. The minimum atomic E-state index is 0.0207. The number of hydrogen-bond acceptors (Lipinski definition) is 4. The van der Waals surface area contributed by atoms with E-state index >= 15 is 0 Å². The van der Waals surface area contributed by atoms with Crippen molar-refractivity contribution >= 4 is 0 Å². The summed E-state index contributed by atoms with van der Waals surface area (Å²) in [5, 5.41) is 21.6. The third-order valence-corrected chi connectivity index (χ3v) is 10.9. The van der Waals surface area contributed by atoms with Crippen molar-refractivity contribution in [1.82, 2.24) is 5.32 Å². The highest BCUT2D eigenvalue weighted by atomic mass is 16.5. The predicted molar refractivity (Wildman–Crippen MR) is 191 cm³/mol. The summed E-state index contributed by atoms with van der Waals surface area (Å²) in [6, 6.07) is 0. The van der Waals surface area contributed by atoms with Gasteiger partial charge in [0.1, 0.15) is 0 Å². The van der Waals surface area contributed by atoms with Crippen molar-refractivity contribution in [3.63, 3.8) is 0 Å². The summed E-state index contributed by atoms with van der Waals surface area (Å²) in [5.74, 6) is 2.90. The number of rotatable bonds is 2. The average molecular weight is 618 g/mol. The van der Waals surface area contributed by atoms with E-state index < -0.39 is 0 Å². The Morgan fingerprint density at radius 2 is 1.41 bits per heavy atom. The fraction of sp³-hybridized carbons (Fsp3) is 0.850. The first kappa shape index (κ1) is 40.9. The van der Waals surface area contributed by atoms with Crippen LogP contribution >= 0.6 is 0 Å². The van der Waals surface area contributed by atoms with E-state index in [1.807, 2.05) is 12.3 Å². The highest BCUT2D eigenvalue weighted by Gasteiger charge is 2.47. The van der Waals surface area contributed by atoms with Crippen LogP contribution in [0.4, 0.5) is 0 Å². The monoisotopic (exact) mass is 618 g/mol. The van der Waals surface area contributed by atoms with Crippen molar-refractivity contribution < 1.29 is 14.9 Å². The third kappa shape index (κ3) is 13.0. The molecule has 3 N–H and O–H groups in total. The smallest absolute Gasteiger partial charge is 0.0686 e. The molecule has 2 saturated carbocycles. The van der Waals surface area contributed by atoms with Crippen molar-refractivity contribution in [3.8, 4) is 0 Å². The van der Waals surface area contributed by atoms with Gasteiger partial charge in [-0.2, -0.15) is 0 Å². The van der Waals surface area contributed by atoms with Gasteiger partial charge < -0.3 is 20.3 Å². The Kier molecular flexibility index (Phi) is 15.5. The fourth-order valence-corrected chi connectivity index (χ4v) is 7.45. The molecule has 0 bridgehead atoms. The zero-order valence-corrected chi connectivity index (χ0v) is 31.8. The Bertz CT molecular complexity index is 918. The molecule has 2 aliphatic heterocycles. The van der Waals surface area contributed by atoms with Crippen molar-refractivity contribution in [1.29, 1.82) is 0 Å². The van der Waals surface area contributed by atoms with Crippen molar-refractivity contribution in [2.75, 3.05) is 26.4 Å². The van der Waals surface area contributed by atoms with Gasteiger partial charge in [0.25, 0.3) is 0 Å². The first-order valence-corrected chi connectivity index (χ1v) is 17.6. The second-order valence-corrected chi connectivity index (χ2v) is 18.6. The Labute approximate surface area is 274 Å². The normalized spacial score (nSPS) is 25.8. The lowest BCUT2D eigenvalue weighted by Gasteiger charge is -2.44. The molecule has 3 atom stereocenters. The van der Waals surface area contributed by atoms with Gasteiger partial charge in [-0.1, -0.05) is 116 Å². The molecule has 258 valence electrons. The highest BCUT2D eigenvalue weighted by molar-refractivity contribution is 5.45. The summed E-state index contributed by atoms with van der Waals surface area (Å²) < 4.78 is 5.29. The van der Waals surface area contributed by atoms with Gasteiger partial charge in [0.15, 0.2) is 0 Å². The summed E-state index contributed by atoms with van der Waals surface area (Å²) >= 11 is 0. The lowest BCUT2D eigenvalue weighted by molar-refractivity contribution is 0.0223. The standard InChI is InChI=1S/C12H24O.C11H17NO.C9H18O.C8H16/c1-9-6-5-7-10(8-13)11(9)12(2,3)4;1-8-10(11(2,3)4)9(7-13)5-6-12-8;1-9(2,3)8-4-6-10-7-5-8;1-7(2,3)8(4)5-6-8/h9-11,13H,5-8H2,1-4H3;5-6,12-13H,1,7H2,2-4H3;8H,4-7H2,1-3H3;5-6H2,1-4H3. The maximum atomic E-state index is 9.34. The maximum Gasteiger partial charge on any atom is 0.0686 e. The zero-order chi connectivity index (χ0) is 34.1. The SMILES string of the molecule is C=C1NC=CC(CO)=C1C(C)(C)C.CC(C)(C)C1(C)CC1.CC(C)(C)C1CCOCC1.CC1CCCC(CO)C1C(C)(C)C. The molecule has 3 fully saturated rings. The largest absolute Gasteiger partial charge is 0.396 e. The van der Waals surface area contributed by atoms with Crippen LogP contribution in [0, 0.1) is 50.7 Å². The van der Waals surface area contributed by atoms with Gasteiger partial charge in [0.05, 0.1) is 6.61 Å². The summed E-state index contributed by atoms with van der Waals surface area (Å²) in [6.07, 6.45) is 13.0. The van der Waals surface area contributed by atoms with Crippen LogP contribution in [0.25, 0.3) is 0 Å². The first-order chi connectivity index (χ1) is 20.0. The van der Waals surface area contributed by atoms with E-state index in [2.05, 4.69) is 109 Å². The van der Waals surface area contributed by atoms with Crippen LogP contribution < -0.4 is 5.32 Å². The van der Waals surface area contributed by atoms with Gasteiger partial charge in [-0.3, -0.25) is 0 Å². The Morgan fingerprint density at radius 3 is 1.70 bits per heavy atom. The van der Waals surface area contributed by atoms with Crippen LogP contribution in [0.1, 0.15) is 142 Å².